The monoisotopic (exact) mass is 320 g/mol. The van der Waals surface area contributed by atoms with Crippen molar-refractivity contribution in [1.82, 2.24) is 19.8 Å². The molecule has 0 fully saturated rings. The molecule has 108 valence electrons. The molecule has 21 heavy (non-hydrogen) atoms. The van der Waals surface area contributed by atoms with Crippen molar-refractivity contribution in [3.63, 3.8) is 0 Å². The van der Waals surface area contributed by atoms with Gasteiger partial charge >= 0.3 is 0 Å². The molecule has 3 aromatic rings. The maximum atomic E-state index is 5.97. The molecule has 1 atom stereocenters. The van der Waals surface area contributed by atoms with Gasteiger partial charge in [-0.25, -0.2) is 0 Å². The zero-order valence-electron chi connectivity index (χ0n) is 11.2. The van der Waals surface area contributed by atoms with Gasteiger partial charge in [-0.15, -0.1) is 10.2 Å². The fourth-order valence-corrected chi connectivity index (χ4v) is 3.47. The minimum atomic E-state index is -0.200. The van der Waals surface area contributed by atoms with Gasteiger partial charge in [0.2, 0.25) is 4.96 Å². The Morgan fingerprint density at radius 2 is 2.19 bits per heavy atom. The number of rotatable bonds is 3. The van der Waals surface area contributed by atoms with Gasteiger partial charge in [0.15, 0.2) is 28.4 Å². The summed E-state index contributed by atoms with van der Waals surface area (Å²) >= 11 is 3.18. The standard InChI is InChI=1S/C13H12N4O2S2/c1-20-7-11-14-15-13-17(11)16-12(21-13)10-6-18-8-4-2-3-5-9(8)19-10/h2-5,10H,6-7H2,1H3. The summed E-state index contributed by atoms with van der Waals surface area (Å²) in [7, 11) is 0. The van der Waals surface area contributed by atoms with E-state index in [-0.39, 0.29) is 6.10 Å². The van der Waals surface area contributed by atoms with Crippen LogP contribution in [0.25, 0.3) is 4.96 Å². The van der Waals surface area contributed by atoms with Gasteiger partial charge in [0.05, 0.1) is 5.75 Å². The van der Waals surface area contributed by atoms with Gasteiger partial charge < -0.3 is 9.47 Å². The molecule has 4 rings (SSSR count). The van der Waals surface area contributed by atoms with Crippen molar-refractivity contribution in [2.75, 3.05) is 12.9 Å². The number of ether oxygens (including phenoxy) is 2. The number of benzene rings is 1. The van der Waals surface area contributed by atoms with Crippen LogP contribution in [0.3, 0.4) is 0 Å². The normalized spacial score (nSPS) is 17.3. The molecule has 2 aromatic heterocycles. The molecule has 1 aliphatic rings. The summed E-state index contributed by atoms with van der Waals surface area (Å²) in [5.74, 6) is 3.18. The Kier molecular flexibility index (Phi) is 3.19. The van der Waals surface area contributed by atoms with Crippen molar-refractivity contribution in [3.8, 4) is 11.5 Å². The van der Waals surface area contributed by atoms with E-state index in [2.05, 4.69) is 15.3 Å². The molecular formula is C13H12N4O2S2. The summed E-state index contributed by atoms with van der Waals surface area (Å²) in [6.45, 7) is 0.457. The van der Waals surface area contributed by atoms with E-state index < -0.39 is 0 Å². The average Bonchev–Trinajstić information content (AvgIpc) is 3.09. The number of hydrogen-bond donors (Lipinski definition) is 0. The van der Waals surface area contributed by atoms with E-state index in [1.165, 1.54) is 11.3 Å². The summed E-state index contributed by atoms with van der Waals surface area (Å²) in [6, 6.07) is 7.67. The molecule has 1 unspecified atom stereocenters. The molecule has 0 aliphatic carbocycles. The summed E-state index contributed by atoms with van der Waals surface area (Å²) in [5.41, 5.74) is 0. The van der Waals surface area contributed by atoms with Gasteiger partial charge in [-0.2, -0.15) is 21.4 Å². The molecule has 0 N–H and O–H groups in total. The molecule has 1 aliphatic heterocycles. The smallest absolute Gasteiger partial charge is 0.234 e. The van der Waals surface area contributed by atoms with E-state index >= 15 is 0 Å². The van der Waals surface area contributed by atoms with Crippen LogP contribution in [0, 0.1) is 0 Å². The maximum Gasteiger partial charge on any atom is 0.234 e. The van der Waals surface area contributed by atoms with Gasteiger partial charge in [-0.05, 0) is 18.4 Å². The predicted octanol–water partition coefficient (Wildman–Crippen LogP) is 2.56. The molecule has 1 aromatic carbocycles. The largest absolute Gasteiger partial charge is 0.485 e. The maximum absolute atomic E-state index is 5.97. The third-order valence-electron chi connectivity index (χ3n) is 3.13. The Hall–Kier alpha value is -1.80. The molecule has 0 saturated carbocycles. The first-order valence-corrected chi connectivity index (χ1v) is 8.64. The van der Waals surface area contributed by atoms with Crippen LogP contribution in [0.2, 0.25) is 0 Å². The molecule has 0 spiro atoms. The lowest BCUT2D eigenvalue weighted by Gasteiger charge is -2.24. The Morgan fingerprint density at radius 3 is 3.05 bits per heavy atom. The van der Waals surface area contributed by atoms with Crippen LogP contribution in [-0.2, 0) is 5.75 Å². The van der Waals surface area contributed by atoms with Crippen molar-refractivity contribution in [3.05, 3.63) is 35.1 Å². The van der Waals surface area contributed by atoms with Crippen LogP contribution in [-0.4, -0.2) is 32.7 Å². The fraction of sp³-hybridized carbons (Fsp3) is 0.308. The van der Waals surface area contributed by atoms with Gasteiger partial charge in [-0.1, -0.05) is 23.5 Å². The Bertz CT molecular complexity index is 785. The molecule has 0 bridgehead atoms. The Balaban J connectivity index is 1.65. The van der Waals surface area contributed by atoms with Crippen molar-refractivity contribution < 1.29 is 9.47 Å². The lowest BCUT2D eigenvalue weighted by atomic mass is 10.3. The summed E-state index contributed by atoms with van der Waals surface area (Å²) in [5, 5.41) is 13.7. The minimum Gasteiger partial charge on any atom is -0.485 e. The van der Waals surface area contributed by atoms with Crippen molar-refractivity contribution in [2.45, 2.75) is 11.9 Å². The number of fused-ring (bicyclic) bond motifs is 2. The highest BCUT2D eigenvalue weighted by molar-refractivity contribution is 7.97. The summed E-state index contributed by atoms with van der Waals surface area (Å²) in [4.78, 5) is 0.788. The van der Waals surface area contributed by atoms with Gasteiger partial charge in [-0.3, -0.25) is 0 Å². The highest BCUT2D eigenvalue weighted by atomic mass is 32.2. The van der Waals surface area contributed by atoms with E-state index in [1.807, 2.05) is 30.5 Å². The van der Waals surface area contributed by atoms with E-state index in [4.69, 9.17) is 9.47 Å². The van der Waals surface area contributed by atoms with E-state index in [0.29, 0.717) is 6.61 Å². The van der Waals surface area contributed by atoms with Crippen LogP contribution in [0.1, 0.15) is 16.9 Å². The van der Waals surface area contributed by atoms with Crippen molar-refractivity contribution >= 4 is 28.1 Å². The van der Waals surface area contributed by atoms with Crippen LogP contribution < -0.4 is 9.47 Å². The summed E-state index contributed by atoms with van der Waals surface area (Å²) < 4.78 is 13.5. The van der Waals surface area contributed by atoms with Crippen LogP contribution in [0.15, 0.2) is 24.3 Å². The lowest BCUT2D eigenvalue weighted by Crippen LogP contribution is -2.21. The highest BCUT2D eigenvalue weighted by Crippen LogP contribution is 2.36. The van der Waals surface area contributed by atoms with Crippen molar-refractivity contribution in [1.29, 1.82) is 0 Å². The first kappa shape index (κ1) is 12.9. The van der Waals surface area contributed by atoms with E-state index in [0.717, 1.165) is 33.0 Å². The lowest BCUT2D eigenvalue weighted by molar-refractivity contribution is 0.0904. The molecule has 8 heteroatoms. The number of aromatic nitrogens is 4. The second kappa shape index (κ2) is 5.19. The number of thioether (sulfide) groups is 1. The predicted molar refractivity (Wildman–Crippen MR) is 81.2 cm³/mol. The summed E-state index contributed by atoms with van der Waals surface area (Å²) in [6.07, 6.45) is 1.83. The van der Waals surface area contributed by atoms with Crippen LogP contribution >= 0.6 is 23.1 Å². The second-order valence-electron chi connectivity index (χ2n) is 4.55. The molecule has 6 nitrogen and oxygen atoms in total. The number of nitrogens with zero attached hydrogens (tertiary/aromatic N) is 4. The van der Waals surface area contributed by atoms with Gasteiger partial charge in [0, 0.05) is 0 Å². The first-order valence-electron chi connectivity index (χ1n) is 6.43. The molecule has 0 amide bonds. The molecule has 0 radical (unpaired) electrons. The third-order valence-corrected chi connectivity index (χ3v) is 4.67. The zero-order valence-corrected chi connectivity index (χ0v) is 12.9. The highest BCUT2D eigenvalue weighted by Gasteiger charge is 2.26. The Labute approximate surface area is 129 Å². The number of hydrogen-bond acceptors (Lipinski definition) is 7. The minimum absolute atomic E-state index is 0.200. The number of para-hydroxylation sites is 2. The SMILES string of the molecule is CSCc1nnc2sc(C3COc4ccccc4O3)nn12. The van der Waals surface area contributed by atoms with Crippen LogP contribution in [0.4, 0.5) is 0 Å². The molecule has 0 saturated heterocycles. The quantitative estimate of drug-likeness (QED) is 0.739. The van der Waals surface area contributed by atoms with Gasteiger partial charge in [0.1, 0.15) is 6.61 Å². The van der Waals surface area contributed by atoms with Crippen LogP contribution in [0.5, 0.6) is 11.5 Å². The van der Waals surface area contributed by atoms with E-state index in [9.17, 15) is 0 Å². The topological polar surface area (TPSA) is 61.5 Å². The van der Waals surface area contributed by atoms with Crippen molar-refractivity contribution in [2.24, 2.45) is 0 Å². The molecule has 3 heterocycles. The third kappa shape index (κ3) is 2.24. The second-order valence-corrected chi connectivity index (χ2v) is 6.40. The zero-order chi connectivity index (χ0) is 14.2. The average molecular weight is 320 g/mol. The first-order chi connectivity index (χ1) is 10.3. The van der Waals surface area contributed by atoms with E-state index in [1.54, 1.807) is 16.3 Å². The Morgan fingerprint density at radius 1 is 1.33 bits per heavy atom. The fourth-order valence-electron chi connectivity index (χ4n) is 2.16. The molecular weight excluding hydrogens is 308 g/mol. The van der Waals surface area contributed by atoms with Gasteiger partial charge in [0.25, 0.3) is 0 Å².